The van der Waals surface area contributed by atoms with Crippen molar-refractivity contribution in [2.75, 3.05) is 38.5 Å². The number of hydrogen-bond acceptors (Lipinski definition) is 6. The summed E-state index contributed by atoms with van der Waals surface area (Å²) in [5.41, 5.74) is 1.05. The van der Waals surface area contributed by atoms with E-state index in [2.05, 4.69) is 34.5 Å². The Bertz CT molecular complexity index is 1360. The van der Waals surface area contributed by atoms with E-state index in [0.717, 1.165) is 45.2 Å². The van der Waals surface area contributed by atoms with Gasteiger partial charge in [0.2, 0.25) is 17.7 Å². The van der Waals surface area contributed by atoms with Crippen LogP contribution in [0.3, 0.4) is 0 Å². The topological polar surface area (TPSA) is 117 Å². The van der Waals surface area contributed by atoms with Gasteiger partial charge in [0, 0.05) is 63.6 Å². The van der Waals surface area contributed by atoms with Gasteiger partial charge in [0.1, 0.15) is 17.6 Å². The van der Waals surface area contributed by atoms with Crippen LogP contribution in [0.25, 0.3) is 0 Å². The van der Waals surface area contributed by atoms with Crippen LogP contribution in [0.15, 0.2) is 30.5 Å². The lowest BCUT2D eigenvalue weighted by atomic mass is 9.77. The number of amides is 3. The standard InChI is InChI=1S/C35H51FN6O4/c1-6-32(44)39-33(35(46)41-18-16-40(5)17-19-41)24(4)26-12-13-29(28(36)20-26)38-34(45)27(25-10-8-7-9-11-25)21-31(43)30-14-15-37-42(30)22-23(2)3/h12-15,20,23-25,27,33H,6-11,16-19,21-22H2,1-5H3,(H,38,45)(H,39,44)/t24-,27-,33+/m0/s1. The number of halogens is 1. The highest BCUT2D eigenvalue weighted by atomic mass is 19.1. The third-order valence-electron chi connectivity index (χ3n) is 9.50. The zero-order valence-electron chi connectivity index (χ0n) is 28.1. The maximum atomic E-state index is 15.6. The number of carbonyl (C=O) groups excluding carboxylic acids is 4. The fraction of sp³-hybridized carbons (Fsp3) is 0.629. The molecule has 0 unspecified atom stereocenters. The summed E-state index contributed by atoms with van der Waals surface area (Å²) in [5.74, 6) is -2.34. The SMILES string of the molecule is CCC(=O)N[C@@H](C(=O)N1CCN(C)CC1)[C@@H](C)c1ccc(NC(=O)[C@@H](CC(=O)c2ccnn2CC(C)C)C2CCCCC2)c(F)c1. The summed E-state index contributed by atoms with van der Waals surface area (Å²) in [6.45, 7) is 10.9. The highest BCUT2D eigenvalue weighted by Crippen LogP contribution is 2.34. The second-order valence-corrected chi connectivity index (χ2v) is 13.5. The second kappa shape index (κ2) is 16.3. The number of benzene rings is 1. The van der Waals surface area contributed by atoms with Crippen molar-refractivity contribution in [2.24, 2.45) is 17.8 Å². The number of ketones is 1. The van der Waals surface area contributed by atoms with Crippen LogP contribution in [0.1, 0.15) is 94.6 Å². The minimum atomic E-state index is -0.846. The van der Waals surface area contributed by atoms with Crippen LogP contribution in [0, 0.1) is 23.6 Å². The van der Waals surface area contributed by atoms with E-state index in [1.165, 1.54) is 12.1 Å². The van der Waals surface area contributed by atoms with Crippen LogP contribution in [-0.2, 0) is 20.9 Å². The number of anilines is 1. The van der Waals surface area contributed by atoms with Gasteiger partial charge in [-0.2, -0.15) is 5.10 Å². The van der Waals surface area contributed by atoms with Gasteiger partial charge in [-0.25, -0.2) is 4.39 Å². The maximum Gasteiger partial charge on any atom is 0.245 e. The fourth-order valence-electron chi connectivity index (χ4n) is 6.61. The maximum absolute atomic E-state index is 15.6. The van der Waals surface area contributed by atoms with Gasteiger partial charge in [-0.1, -0.05) is 53.0 Å². The molecule has 1 saturated heterocycles. The number of aromatic nitrogens is 2. The summed E-state index contributed by atoms with van der Waals surface area (Å²) in [7, 11) is 2.00. The molecule has 2 fully saturated rings. The molecule has 3 atom stereocenters. The third kappa shape index (κ3) is 9.02. The van der Waals surface area contributed by atoms with Crippen molar-refractivity contribution < 1.29 is 23.6 Å². The lowest BCUT2D eigenvalue weighted by molar-refractivity contribution is -0.138. The molecule has 46 heavy (non-hydrogen) atoms. The zero-order chi connectivity index (χ0) is 33.4. The third-order valence-corrected chi connectivity index (χ3v) is 9.50. The van der Waals surface area contributed by atoms with Gasteiger partial charge in [-0.15, -0.1) is 0 Å². The molecule has 0 spiro atoms. The van der Waals surface area contributed by atoms with Crippen LogP contribution in [-0.4, -0.2) is 82.4 Å². The van der Waals surface area contributed by atoms with Gasteiger partial charge in [0.05, 0.1) is 5.69 Å². The Hall–Kier alpha value is -3.60. The molecule has 1 aliphatic heterocycles. The summed E-state index contributed by atoms with van der Waals surface area (Å²) >= 11 is 0. The second-order valence-electron chi connectivity index (χ2n) is 13.5. The van der Waals surface area contributed by atoms with Gasteiger partial charge in [-0.05, 0) is 55.5 Å². The van der Waals surface area contributed by atoms with Crippen LogP contribution >= 0.6 is 0 Å². The lowest BCUT2D eigenvalue weighted by Gasteiger charge is -2.36. The minimum Gasteiger partial charge on any atom is -0.344 e. The predicted octanol–water partition coefficient (Wildman–Crippen LogP) is 4.86. The van der Waals surface area contributed by atoms with E-state index in [1.807, 2.05) is 7.05 Å². The van der Waals surface area contributed by atoms with E-state index in [-0.39, 0.29) is 48.0 Å². The highest BCUT2D eigenvalue weighted by molar-refractivity contribution is 6.00. The molecular weight excluding hydrogens is 587 g/mol. The summed E-state index contributed by atoms with van der Waals surface area (Å²) in [5, 5.41) is 9.96. The Morgan fingerprint density at radius 1 is 1.00 bits per heavy atom. The Morgan fingerprint density at radius 2 is 1.70 bits per heavy atom. The number of likely N-dealkylation sites (N-methyl/N-ethyl adjacent to an activating group) is 1. The average molecular weight is 639 g/mol. The van der Waals surface area contributed by atoms with Crippen molar-refractivity contribution in [3.05, 3.63) is 47.5 Å². The van der Waals surface area contributed by atoms with Gasteiger partial charge in [0.15, 0.2) is 5.78 Å². The van der Waals surface area contributed by atoms with Crippen molar-refractivity contribution in [1.82, 2.24) is 24.9 Å². The largest absolute Gasteiger partial charge is 0.344 e. The van der Waals surface area contributed by atoms with Crippen LogP contribution in [0.4, 0.5) is 10.1 Å². The molecule has 11 heteroatoms. The first kappa shape index (κ1) is 35.3. The molecule has 2 aromatic rings. The Kier molecular flexibility index (Phi) is 12.5. The number of rotatable bonds is 13. The summed E-state index contributed by atoms with van der Waals surface area (Å²) in [6.07, 6.45) is 6.66. The lowest BCUT2D eigenvalue weighted by Crippen LogP contribution is -2.55. The van der Waals surface area contributed by atoms with E-state index in [9.17, 15) is 19.2 Å². The van der Waals surface area contributed by atoms with E-state index in [4.69, 9.17) is 0 Å². The molecule has 2 heterocycles. The van der Waals surface area contributed by atoms with E-state index < -0.39 is 23.7 Å². The first-order chi connectivity index (χ1) is 22.0. The quantitative estimate of drug-likeness (QED) is 0.303. The van der Waals surface area contributed by atoms with Crippen molar-refractivity contribution in [1.29, 1.82) is 0 Å². The molecule has 0 radical (unpaired) electrons. The molecule has 1 aromatic heterocycles. The number of hydrogen-bond donors (Lipinski definition) is 2. The number of Topliss-reactive ketones (excluding diaryl/α,β-unsaturated/α-hetero) is 1. The molecule has 1 saturated carbocycles. The van der Waals surface area contributed by atoms with E-state index in [1.54, 1.807) is 41.8 Å². The van der Waals surface area contributed by atoms with Gasteiger partial charge < -0.3 is 20.4 Å². The number of carbonyl (C=O) groups is 4. The number of nitrogens with one attached hydrogen (secondary N) is 2. The summed E-state index contributed by atoms with van der Waals surface area (Å²) in [6, 6.07) is 5.38. The molecule has 252 valence electrons. The molecule has 2 aliphatic rings. The number of piperazine rings is 1. The molecule has 3 amide bonds. The minimum absolute atomic E-state index is 0.0265. The van der Waals surface area contributed by atoms with Crippen molar-refractivity contribution in [3.8, 4) is 0 Å². The predicted molar refractivity (Wildman–Crippen MR) is 176 cm³/mol. The Balaban J connectivity index is 1.51. The van der Waals surface area contributed by atoms with Gasteiger partial charge >= 0.3 is 0 Å². The summed E-state index contributed by atoms with van der Waals surface area (Å²) < 4.78 is 17.3. The average Bonchev–Trinajstić information content (AvgIpc) is 3.50. The van der Waals surface area contributed by atoms with Gasteiger partial charge in [-0.3, -0.25) is 23.9 Å². The Morgan fingerprint density at radius 3 is 2.33 bits per heavy atom. The van der Waals surface area contributed by atoms with Crippen LogP contribution in [0.5, 0.6) is 0 Å². The molecule has 0 bridgehead atoms. The number of nitrogens with zero attached hydrogens (tertiary/aromatic N) is 4. The monoisotopic (exact) mass is 638 g/mol. The summed E-state index contributed by atoms with van der Waals surface area (Å²) in [4.78, 5) is 57.1. The fourth-order valence-corrected chi connectivity index (χ4v) is 6.61. The molecule has 10 nitrogen and oxygen atoms in total. The molecular formula is C35H51FN6O4. The van der Waals surface area contributed by atoms with Crippen molar-refractivity contribution >= 4 is 29.2 Å². The molecule has 4 rings (SSSR count). The van der Waals surface area contributed by atoms with E-state index >= 15 is 4.39 Å². The Labute approximate surface area is 272 Å². The molecule has 1 aliphatic carbocycles. The van der Waals surface area contributed by atoms with Crippen LogP contribution < -0.4 is 10.6 Å². The van der Waals surface area contributed by atoms with Gasteiger partial charge in [0.25, 0.3) is 0 Å². The molecule has 2 N–H and O–H groups in total. The van der Waals surface area contributed by atoms with Crippen molar-refractivity contribution in [2.45, 2.75) is 91.1 Å². The van der Waals surface area contributed by atoms with Crippen molar-refractivity contribution in [3.63, 3.8) is 0 Å². The smallest absolute Gasteiger partial charge is 0.245 e. The van der Waals surface area contributed by atoms with E-state index in [0.29, 0.717) is 36.8 Å². The van der Waals surface area contributed by atoms with Crippen LogP contribution in [0.2, 0.25) is 0 Å². The first-order valence-corrected chi connectivity index (χ1v) is 16.9. The first-order valence-electron chi connectivity index (χ1n) is 16.9. The normalized spacial score (nSPS) is 18.2. The molecule has 1 aromatic carbocycles. The zero-order valence-corrected chi connectivity index (χ0v) is 28.1. The highest BCUT2D eigenvalue weighted by Gasteiger charge is 2.35.